The number of hydrogen-bond donors (Lipinski definition) is 2. The Hall–Kier alpha value is -2.45. The molecule has 26 heavy (non-hydrogen) atoms. The summed E-state index contributed by atoms with van der Waals surface area (Å²) in [6, 6.07) is 0. The van der Waals surface area contributed by atoms with E-state index >= 15 is 0 Å². The Balaban J connectivity index is 1.84. The molecule has 0 fully saturated rings. The van der Waals surface area contributed by atoms with Crippen LogP contribution in [0.3, 0.4) is 0 Å². The summed E-state index contributed by atoms with van der Waals surface area (Å²) in [6.45, 7) is 7.47. The summed E-state index contributed by atoms with van der Waals surface area (Å²) in [7, 11) is 0. The molecular formula is C17H30N8O. The number of aliphatic imine (C=N–C) groups is 1. The van der Waals surface area contributed by atoms with Crippen molar-refractivity contribution in [3.8, 4) is 0 Å². The van der Waals surface area contributed by atoms with E-state index in [1.807, 2.05) is 0 Å². The topological polar surface area (TPSA) is 113 Å². The van der Waals surface area contributed by atoms with Crippen molar-refractivity contribution in [1.82, 2.24) is 20.0 Å². The molecule has 0 atom stereocenters. The van der Waals surface area contributed by atoms with Crippen molar-refractivity contribution in [3.63, 3.8) is 0 Å². The second kappa shape index (κ2) is 10.5. The summed E-state index contributed by atoms with van der Waals surface area (Å²) < 4.78 is 1.78. The van der Waals surface area contributed by atoms with Gasteiger partial charge in [0.2, 0.25) is 11.9 Å². The predicted octanol–water partition coefficient (Wildman–Crippen LogP) is 2.33. The Morgan fingerprint density at radius 2 is 2.12 bits per heavy atom. The summed E-state index contributed by atoms with van der Waals surface area (Å²) in [6.07, 6.45) is 7.16. The number of nitrogens with one attached hydrogen (secondary N) is 1. The fourth-order valence-electron chi connectivity index (χ4n) is 2.74. The molecule has 9 nitrogen and oxygen atoms in total. The molecule has 2 heterocycles. The van der Waals surface area contributed by atoms with Crippen LogP contribution in [-0.2, 0) is 11.3 Å². The fraction of sp³-hybridized carbons (Fsp3) is 0.706. The number of nitrogens with zero attached hydrogens (tertiary/aromatic N) is 6. The van der Waals surface area contributed by atoms with Crippen molar-refractivity contribution >= 4 is 23.4 Å². The molecule has 144 valence electrons. The standard InChI is InChI=1S/C17H30N8O/c1-3-4-5-6-11-25-16(18)15(13-21-25)22-23-17-20-9-12-24(17)10-7-8-19-14(2)26/h13H,3-12,18H2,1-2H3,(H,19,26). The van der Waals surface area contributed by atoms with Gasteiger partial charge in [0.05, 0.1) is 12.7 Å². The van der Waals surface area contributed by atoms with Crippen LogP contribution in [0.1, 0.15) is 46.0 Å². The lowest BCUT2D eigenvalue weighted by molar-refractivity contribution is -0.118. The van der Waals surface area contributed by atoms with Crippen molar-refractivity contribution in [3.05, 3.63) is 6.20 Å². The Morgan fingerprint density at radius 3 is 2.88 bits per heavy atom. The zero-order valence-corrected chi connectivity index (χ0v) is 15.8. The van der Waals surface area contributed by atoms with Gasteiger partial charge in [-0.05, 0) is 12.8 Å². The number of aromatic nitrogens is 2. The molecule has 0 aromatic carbocycles. The molecule has 2 rings (SSSR count). The molecule has 0 unspecified atom stereocenters. The van der Waals surface area contributed by atoms with Crippen molar-refractivity contribution in [2.45, 2.75) is 52.5 Å². The molecular weight excluding hydrogens is 332 g/mol. The van der Waals surface area contributed by atoms with Gasteiger partial charge in [0, 0.05) is 33.1 Å². The van der Waals surface area contributed by atoms with Gasteiger partial charge in [0.1, 0.15) is 11.5 Å². The van der Waals surface area contributed by atoms with E-state index in [1.54, 1.807) is 10.9 Å². The maximum absolute atomic E-state index is 10.9. The Kier molecular flexibility index (Phi) is 8.04. The number of azo groups is 1. The number of hydrogen-bond acceptors (Lipinski definition) is 7. The van der Waals surface area contributed by atoms with Gasteiger partial charge in [0.25, 0.3) is 0 Å². The molecule has 0 aliphatic carbocycles. The number of nitrogen functional groups attached to an aromatic ring is 1. The van der Waals surface area contributed by atoms with Crippen molar-refractivity contribution in [2.24, 2.45) is 15.2 Å². The fourth-order valence-corrected chi connectivity index (χ4v) is 2.74. The van der Waals surface area contributed by atoms with Crippen molar-refractivity contribution in [2.75, 3.05) is 31.9 Å². The summed E-state index contributed by atoms with van der Waals surface area (Å²) in [5.41, 5.74) is 6.69. The Bertz CT molecular complexity index is 637. The second-order valence-corrected chi connectivity index (χ2v) is 6.40. The van der Waals surface area contributed by atoms with Crippen molar-refractivity contribution in [1.29, 1.82) is 0 Å². The third-order valence-corrected chi connectivity index (χ3v) is 4.22. The summed E-state index contributed by atoms with van der Waals surface area (Å²) >= 11 is 0. The van der Waals surface area contributed by atoms with Crippen LogP contribution in [0.15, 0.2) is 21.4 Å². The normalized spacial score (nSPS) is 14.2. The minimum atomic E-state index is -0.0119. The van der Waals surface area contributed by atoms with Gasteiger partial charge in [-0.15, -0.1) is 10.2 Å². The van der Waals surface area contributed by atoms with Crippen LogP contribution in [0, 0.1) is 0 Å². The van der Waals surface area contributed by atoms with Crippen LogP contribution >= 0.6 is 0 Å². The number of nitrogens with two attached hydrogens (primary N) is 1. The second-order valence-electron chi connectivity index (χ2n) is 6.40. The molecule has 1 aliphatic rings. The van der Waals surface area contributed by atoms with E-state index in [1.165, 1.54) is 26.2 Å². The Labute approximate surface area is 154 Å². The summed E-state index contributed by atoms with van der Waals surface area (Å²) in [5.74, 6) is 1.14. The smallest absolute Gasteiger partial charge is 0.240 e. The van der Waals surface area contributed by atoms with E-state index in [0.29, 0.717) is 30.6 Å². The number of guanidine groups is 1. The molecule has 3 N–H and O–H groups in total. The number of anilines is 1. The van der Waals surface area contributed by atoms with Crippen molar-refractivity contribution < 1.29 is 4.79 Å². The van der Waals surface area contributed by atoms with Crippen LogP contribution < -0.4 is 11.1 Å². The zero-order valence-electron chi connectivity index (χ0n) is 15.8. The van der Waals surface area contributed by atoms with Crippen LogP contribution in [-0.4, -0.2) is 52.7 Å². The average Bonchev–Trinajstić information content (AvgIpc) is 3.20. The van der Waals surface area contributed by atoms with Crippen LogP contribution in [0.25, 0.3) is 0 Å². The number of carbonyl (C=O) groups is 1. The van der Waals surface area contributed by atoms with E-state index in [0.717, 1.165) is 32.5 Å². The van der Waals surface area contributed by atoms with E-state index in [-0.39, 0.29) is 5.91 Å². The van der Waals surface area contributed by atoms with Gasteiger partial charge in [0.15, 0.2) is 0 Å². The number of aryl methyl sites for hydroxylation is 1. The lowest BCUT2D eigenvalue weighted by Gasteiger charge is -2.16. The summed E-state index contributed by atoms with van der Waals surface area (Å²) in [5, 5.41) is 15.6. The molecule has 0 radical (unpaired) electrons. The average molecular weight is 362 g/mol. The highest BCUT2D eigenvalue weighted by Gasteiger charge is 2.16. The van der Waals surface area contributed by atoms with Crippen LogP contribution in [0.5, 0.6) is 0 Å². The zero-order chi connectivity index (χ0) is 18.8. The highest BCUT2D eigenvalue weighted by Crippen LogP contribution is 2.22. The van der Waals surface area contributed by atoms with E-state index < -0.39 is 0 Å². The lowest BCUT2D eigenvalue weighted by Crippen LogP contribution is -2.30. The van der Waals surface area contributed by atoms with Gasteiger partial charge < -0.3 is 16.0 Å². The molecule has 0 saturated heterocycles. The van der Waals surface area contributed by atoms with E-state index in [4.69, 9.17) is 5.73 Å². The predicted molar refractivity (Wildman–Crippen MR) is 102 cm³/mol. The van der Waals surface area contributed by atoms with Crippen LogP contribution in [0.2, 0.25) is 0 Å². The minimum Gasteiger partial charge on any atom is -0.382 e. The SMILES string of the molecule is CCCCCCn1ncc(N=NC2=NCCN2CCCNC(C)=O)c1N. The molecule has 9 heteroatoms. The molecule has 1 aliphatic heterocycles. The number of rotatable bonds is 10. The minimum absolute atomic E-state index is 0.0119. The quantitative estimate of drug-likeness (QED) is 0.491. The van der Waals surface area contributed by atoms with Gasteiger partial charge in [-0.25, -0.2) is 9.67 Å². The largest absolute Gasteiger partial charge is 0.382 e. The molecule has 0 bridgehead atoms. The Morgan fingerprint density at radius 1 is 1.27 bits per heavy atom. The molecule has 1 amide bonds. The van der Waals surface area contributed by atoms with E-state index in [9.17, 15) is 4.79 Å². The maximum Gasteiger partial charge on any atom is 0.240 e. The van der Waals surface area contributed by atoms with Gasteiger partial charge >= 0.3 is 0 Å². The summed E-state index contributed by atoms with van der Waals surface area (Å²) in [4.78, 5) is 17.3. The monoisotopic (exact) mass is 362 g/mol. The highest BCUT2D eigenvalue weighted by molar-refractivity contribution is 5.82. The van der Waals surface area contributed by atoms with Crippen LogP contribution in [0.4, 0.5) is 11.5 Å². The molecule has 1 aromatic heterocycles. The maximum atomic E-state index is 10.9. The molecule has 0 spiro atoms. The van der Waals surface area contributed by atoms with Gasteiger partial charge in [-0.2, -0.15) is 5.10 Å². The lowest BCUT2D eigenvalue weighted by atomic mass is 10.2. The third-order valence-electron chi connectivity index (χ3n) is 4.22. The first-order valence-electron chi connectivity index (χ1n) is 9.38. The van der Waals surface area contributed by atoms with Gasteiger partial charge in [-0.3, -0.25) is 4.79 Å². The first-order chi connectivity index (χ1) is 12.6. The van der Waals surface area contributed by atoms with E-state index in [2.05, 4.69) is 37.5 Å². The molecule has 0 saturated carbocycles. The number of carbonyl (C=O) groups excluding carboxylic acids is 1. The van der Waals surface area contributed by atoms with Gasteiger partial charge in [-0.1, -0.05) is 26.2 Å². The molecule has 1 aromatic rings. The first kappa shape index (κ1) is 19.9. The number of unbranched alkanes of at least 4 members (excludes halogenated alkanes) is 3. The number of amides is 1. The third kappa shape index (κ3) is 6.12. The first-order valence-corrected chi connectivity index (χ1v) is 9.38. The highest BCUT2D eigenvalue weighted by atomic mass is 16.1.